The first kappa shape index (κ1) is 11.5. The van der Waals surface area contributed by atoms with Crippen LogP contribution in [0.2, 0.25) is 0 Å². The van der Waals surface area contributed by atoms with Crippen LogP contribution in [0.5, 0.6) is 0 Å². The number of carbonyl (C=O) groups is 1. The van der Waals surface area contributed by atoms with E-state index in [9.17, 15) is 4.79 Å². The molecule has 1 aliphatic rings. The predicted octanol–water partition coefficient (Wildman–Crippen LogP) is 2.34. The number of nitrogens with zero attached hydrogens (tertiary/aromatic N) is 1. The van der Waals surface area contributed by atoms with Crippen molar-refractivity contribution in [2.75, 3.05) is 17.2 Å². The molecule has 2 rings (SSSR count). The average Bonchev–Trinajstić information content (AvgIpc) is 2.49. The van der Waals surface area contributed by atoms with Crippen LogP contribution in [0.15, 0.2) is 18.2 Å². The Morgan fingerprint density at radius 3 is 3.00 bits per heavy atom. The summed E-state index contributed by atoms with van der Waals surface area (Å²) in [5, 5.41) is 15.0. The van der Waals surface area contributed by atoms with Crippen molar-refractivity contribution in [1.82, 2.24) is 0 Å². The number of benzene rings is 1. The Balaban J connectivity index is 2.25. The molecule has 0 spiro atoms. The number of fused-ring (bicyclic) bond motifs is 1. The second-order valence-corrected chi connectivity index (χ2v) is 4.23. The first-order valence-corrected chi connectivity index (χ1v) is 5.83. The van der Waals surface area contributed by atoms with E-state index in [-0.39, 0.29) is 11.8 Å². The summed E-state index contributed by atoms with van der Waals surface area (Å²) in [6.07, 6.45) is 1.86. The topological polar surface area (TPSA) is 64.9 Å². The van der Waals surface area contributed by atoms with Gasteiger partial charge in [0.2, 0.25) is 5.91 Å². The fraction of sp³-hybridized carbons (Fsp3) is 0.385. The van der Waals surface area contributed by atoms with Crippen LogP contribution in [0.1, 0.15) is 25.3 Å². The zero-order valence-electron chi connectivity index (χ0n) is 9.79. The van der Waals surface area contributed by atoms with E-state index in [2.05, 4.69) is 23.6 Å². The minimum Gasteiger partial charge on any atom is -0.383 e. The number of nitriles is 1. The van der Waals surface area contributed by atoms with Crippen LogP contribution in [0.25, 0.3) is 0 Å². The Bertz CT molecular complexity index is 476. The lowest BCUT2D eigenvalue weighted by Crippen LogP contribution is -2.25. The Kier molecular flexibility index (Phi) is 3.29. The number of carbonyl (C=O) groups excluding carboxylic acids is 1. The normalized spacial score (nSPS) is 18.4. The summed E-state index contributed by atoms with van der Waals surface area (Å²) in [6.45, 7) is 2.70. The van der Waals surface area contributed by atoms with Crippen molar-refractivity contribution in [2.24, 2.45) is 5.92 Å². The van der Waals surface area contributed by atoms with E-state index in [1.807, 2.05) is 0 Å². The Morgan fingerprint density at radius 1 is 1.47 bits per heavy atom. The van der Waals surface area contributed by atoms with Gasteiger partial charge in [0.25, 0.3) is 0 Å². The molecular formula is C13H15N3O. The number of rotatable bonds is 2. The molecule has 1 atom stereocenters. The van der Waals surface area contributed by atoms with Gasteiger partial charge in [-0.1, -0.05) is 13.3 Å². The van der Waals surface area contributed by atoms with Crippen LogP contribution in [-0.2, 0) is 4.79 Å². The largest absolute Gasteiger partial charge is 0.383 e. The average molecular weight is 229 g/mol. The van der Waals surface area contributed by atoms with Gasteiger partial charge < -0.3 is 10.6 Å². The van der Waals surface area contributed by atoms with E-state index in [1.54, 1.807) is 18.2 Å². The first-order valence-electron chi connectivity index (χ1n) is 5.83. The highest BCUT2D eigenvalue weighted by Gasteiger charge is 2.22. The van der Waals surface area contributed by atoms with Gasteiger partial charge >= 0.3 is 0 Å². The molecule has 0 bridgehead atoms. The van der Waals surface area contributed by atoms with Crippen molar-refractivity contribution in [3.05, 3.63) is 23.8 Å². The van der Waals surface area contributed by atoms with Gasteiger partial charge in [0.05, 0.1) is 28.9 Å². The zero-order valence-corrected chi connectivity index (χ0v) is 9.79. The lowest BCUT2D eigenvalue weighted by Gasteiger charge is -2.11. The molecule has 0 radical (unpaired) electrons. The minimum absolute atomic E-state index is 0.00191. The van der Waals surface area contributed by atoms with Gasteiger partial charge in [0.1, 0.15) is 0 Å². The molecule has 1 aromatic carbocycles. The van der Waals surface area contributed by atoms with Crippen LogP contribution in [0, 0.1) is 17.2 Å². The molecule has 4 nitrogen and oxygen atoms in total. The number of hydrogen-bond acceptors (Lipinski definition) is 3. The SMILES string of the molecule is CCCC1CNc2cc(C#N)ccc2NC1=O. The number of anilines is 2. The molecular weight excluding hydrogens is 214 g/mol. The molecule has 1 unspecified atom stereocenters. The van der Waals surface area contributed by atoms with E-state index < -0.39 is 0 Å². The van der Waals surface area contributed by atoms with Crippen molar-refractivity contribution in [3.8, 4) is 6.07 Å². The zero-order chi connectivity index (χ0) is 12.3. The van der Waals surface area contributed by atoms with Crippen LogP contribution in [0.4, 0.5) is 11.4 Å². The van der Waals surface area contributed by atoms with Crippen molar-refractivity contribution in [1.29, 1.82) is 5.26 Å². The summed E-state index contributed by atoms with van der Waals surface area (Å²) in [4.78, 5) is 11.9. The second-order valence-electron chi connectivity index (χ2n) is 4.23. The predicted molar refractivity (Wildman–Crippen MR) is 66.7 cm³/mol. The molecule has 0 aliphatic carbocycles. The third kappa shape index (κ3) is 2.39. The van der Waals surface area contributed by atoms with Gasteiger partial charge in [0.15, 0.2) is 0 Å². The molecule has 0 saturated carbocycles. The molecule has 4 heteroatoms. The number of amides is 1. The fourth-order valence-electron chi connectivity index (χ4n) is 2.01. The van der Waals surface area contributed by atoms with Crippen molar-refractivity contribution in [3.63, 3.8) is 0 Å². The molecule has 1 heterocycles. The molecule has 2 N–H and O–H groups in total. The number of hydrogen-bond donors (Lipinski definition) is 2. The summed E-state index contributed by atoms with van der Waals surface area (Å²) < 4.78 is 0. The highest BCUT2D eigenvalue weighted by Crippen LogP contribution is 2.27. The third-order valence-corrected chi connectivity index (χ3v) is 2.95. The molecule has 1 aliphatic heterocycles. The highest BCUT2D eigenvalue weighted by atomic mass is 16.1. The lowest BCUT2D eigenvalue weighted by molar-refractivity contribution is -0.119. The summed E-state index contributed by atoms with van der Waals surface area (Å²) in [5.41, 5.74) is 2.18. The van der Waals surface area contributed by atoms with Gasteiger partial charge in [-0.15, -0.1) is 0 Å². The smallest absolute Gasteiger partial charge is 0.229 e. The molecule has 0 saturated heterocycles. The summed E-state index contributed by atoms with van der Waals surface area (Å²) >= 11 is 0. The minimum atomic E-state index is -0.00191. The molecule has 0 fully saturated rings. The van der Waals surface area contributed by atoms with Gasteiger partial charge in [-0.05, 0) is 24.6 Å². The van der Waals surface area contributed by atoms with Crippen LogP contribution in [0.3, 0.4) is 0 Å². The van der Waals surface area contributed by atoms with Crippen LogP contribution >= 0.6 is 0 Å². The summed E-state index contributed by atoms with van der Waals surface area (Å²) in [6, 6.07) is 7.34. The van der Waals surface area contributed by atoms with Gasteiger partial charge in [-0.3, -0.25) is 4.79 Å². The van der Waals surface area contributed by atoms with E-state index in [1.165, 1.54) is 0 Å². The Hall–Kier alpha value is -2.02. The molecule has 1 amide bonds. The van der Waals surface area contributed by atoms with Gasteiger partial charge in [-0.2, -0.15) is 5.26 Å². The molecule has 17 heavy (non-hydrogen) atoms. The maximum atomic E-state index is 11.9. The number of nitrogens with one attached hydrogen (secondary N) is 2. The van der Waals surface area contributed by atoms with E-state index in [4.69, 9.17) is 5.26 Å². The van der Waals surface area contributed by atoms with E-state index in [0.717, 1.165) is 24.2 Å². The van der Waals surface area contributed by atoms with Crippen molar-refractivity contribution in [2.45, 2.75) is 19.8 Å². The third-order valence-electron chi connectivity index (χ3n) is 2.95. The second kappa shape index (κ2) is 4.88. The first-order chi connectivity index (χ1) is 8.24. The Morgan fingerprint density at radius 2 is 2.29 bits per heavy atom. The van der Waals surface area contributed by atoms with Crippen LogP contribution in [-0.4, -0.2) is 12.5 Å². The molecule has 0 aromatic heterocycles. The monoisotopic (exact) mass is 229 g/mol. The summed E-state index contributed by atoms with van der Waals surface area (Å²) in [7, 11) is 0. The maximum Gasteiger partial charge on any atom is 0.229 e. The lowest BCUT2D eigenvalue weighted by atomic mass is 10.0. The van der Waals surface area contributed by atoms with Crippen LogP contribution < -0.4 is 10.6 Å². The van der Waals surface area contributed by atoms with Crippen molar-refractivity contribution >= 4 is 17.3 Å². The van der Waals surface area contributed by atoms with Crippen molar-refractivity contribution < 1.29 is 4.79 Å². The Labute approximate surface area is 101 Å². The highest BCUT2D eigenvalue weighted by molar-refractivity contribution is 5.97. The standard InChI is InChI=1S/C13H15N3O/c1-2-3-10-8-15-12-6-9(7-14)4-5-11(12)16-13(10)17/h4-6,10,15H,2-3,8H2,1H3,(H,16,17). The molecule has 1 aromatic rings. The summed E-state index contributed by atoms with van der Waals surface area (Å²) in [5.74, 6) is 0.0562. The van der Waals surface area contributed by atoms with Gasteiger partial charge in [0, 0.05) is 6.54 Å². The maximum absolute atomic E-state index is 11.9. The molecule has 88 valence electrons. The fourth-order valence-corrected chi connectivity index (χ4v) is 2.01. The van der Waals surface area contributed by atoms with E-state index in [0.29, 0.717) is 12.1 Å². The van der Waals surface area contributed by atoms with Gasteiger partial charge in [-0.25, -0.2) is 0 Å². The van der Waals surface area contributed by atoms with E-state index >= 15 is 0 Å². The quantitative estimate of drug-likeness (QED) is 0.818.